The molecule has 1 rings (SSSR count). The van der Waals surface area contributed by atoms with Gasteiger partial charge in [0.1, 0.15) is 5.75 Å². The van der Waals surface area contributed by atoms with Gasteiger partial charge in [0.05, 0.1) is 12.6 Å². The number of anilines is 1. The highest BCUT2D eigenvalue weighted by atomic mass is 16.5. The highest BCUT2D eigenvalue weighted by molar-refractivity contribution is 5.92. The van der Waals surface area contributed by atoms with Gasteiger partial charge in [-0.2, -0.15) is 0 Å². The van der Waals surface area contributed by atoms with E-state index in [-0.39, 0.29) is 12.0 Å². The van der Waals surface area contributed by atoms with Gasteiger partial charge in [0, 0.05) is 17.8 Å². The van der Waals surface area contributed by atoms with E-state index in [1.165, 1.54) is 0 Å². The summed E-state index contributed by atoms with van der Waals surface area (Å²) in [4.78, 5) is 11.7. The van der Waals surface area contributed by atoms with Crippen molar-refractivity contribution in [2.75, 3.05) is 11.9 Å². The van der Waals surface area contributed by atoms with E-state index >= 15 is 0 Å². The molecule has 0 heterocycles. The molecule has 0 aliphatic heterocycles. The number of carbonyl (C=O) groups excluding carboxylic acids is 1. The van der Waals surface area contributed by atoms with Crippen LogP contribution >= 0.6 is 0 Å². The molecule has 0 radical (unpaired) electrons. The summed E-state index contributed by atoms with van der Waals surface area (Å²) in [6.45, 7) is 8.43. The smallest absolute Gasteiger partial charge is 0.238 e. The number of benzene rings is 1. The Balaban J connectivity index is 2.54. The maximum Gasteiger partial charge on any atom is 0.238 e. The van der Waals surface area contributed by atoms with Crippen LogP contribution in [0.4, 0.5) is 5.69 Å². The second-order valence-electron chi connectivity index (χ2n) is 4.95. The summed E-state index contributed by atoms with van der Waals surface area (Å²) in [6, 6.07) is 7.78. The van der Waals surface area contributed by atoms with Crippen LogP contribution in [0.25, 0.3) is 0 Å². The van der Waals surface area contributed by atoms with E-state index in [1.807, 2.05) is 45.0 Å². The van der Waals surface area contributed by atoms with Gasteiger partial charge in [0.25, 0.3) is 0 Å². The predicted octanol–water partition coefficient (Wildman–Crippen LogP) is 2.80. The summed E-state index contributed by atoms with van der Waals surface area (Å²) in [5.41, 5.74) is 0.761. The minimum absolute atomic E-state index is 0.0469. The zero-order valence-corrected chi connectivity index (χ0v) is 12.2. The van der Waals surface area contributed by atoms with Crippen LogP contribution < -0.4 is 15.4 Å². The average Bonchev–Trinajstić information content (AvgIpc) is 2.36. The summed E-state index contributed by atoms with van der Waals surface area (Å²) in [5, 5.41) is 5.93. The van der Waals surface area contributed by atoms with Crippen molar-refractivity contribution in [1.82, 2.24) is 5.32 Å². The first kappa shape index (κ1) is 15.5. The first-order valence-electron chi connectivity index (χ1n) is 6.81. The number of hydrogen-bond donors (Lipinski definition) is 2. The Bertz CT molecular complexity index is 405. The maximum atomic E-state index is 11.7. The summed E-state index contributed by atoms with van der Waals surface area (Å²) >= 11 is 0. The predicted molar refractivity (Wildman–Crippen MR) is 78.6 cm³/mol. The van der Waals surface area contributed by atoms with Gasteiger partial charge in [-0.1, -0.05) is 26.8 Å². The van der Waals surface area contributed by atoms with Crippen molar-refractivity contribution in [3.63, 3.8) is 0 Å². The molecule has 1 unspecified atom stereocenters. The molecule has 0 bridgehead atoms. The quantitative estimate of drug-likeness (QED) is 0.796. The summed E-state index contributed by atoms with van der Waals surface area (Å²) < 4.78 is 5.72. The topological polar surface area (TPSA) is 50.4 Å². The van der Waals surface area contributed by atoms with Crippen LogP contribution in [0.1, 0.15) is 34.1 Å². The van der Waals surface area contributed by atoms with E-state index in [9.17, 15) is 4.79 Å². The van der Waals surface area contributed by atoms with Gasteiger partial charge >= 0.3 is 0 Å². The normalized spacial score (nSPS) is 12.3. The van der Waals surface area contributed by atoms with Crippen molar-refractivity contribution in [3.8, 4) is 5.75 Å². The van der Waals surface area contributed by atoms with Gasteiger partial charge in [-0.3, -0.25) is 4.79 Å². The van der Waals surface area contributed by atoms with Crippen LogP contribution in [-0.2, 0) is 4.79 Å². The molecule has 106 valence electrons. The Labute approximate surface area is 115 Å². The first-order valence-corrected chi connectivity index (χ1v) is 6.81. The third-order valence-electron chi connectivity index (χ3n) is 2.70. The molecule has 0 saturated heterocycles. The third-order valence-corrected chi connectivity index (χ3v) is 2.70. The average molecular weight is 264 g/mol. The van der Waals surface area contributed by atoms with Crippen LogP contribution in [0.5, 0.6) is 5.75 Å². The lowest BCUT2D eigenvalue weighted by Crippen LogP contribution is -2.32. The van der Waals surface area contributed by atoms with E-state index in [0.717, 1.165) is 17.9 Å². The molecule has 0 aromatic heterocycles. The molecule has 1 amide bonds. The van der Waals surface area contributed by atoms with E-state index in [0.29, 0.717) is 12.6 Å². The third kappa shape index (κ3) is 6.25. The zero-order chi connectivity index (χ0) is 14.3. The van der Waals surface area contributed by atoms with Gasteiger partial charge in [-0.15, -0.1) is 0 Å². The molecule has 1 aromatic carbocycles. The molecule has 2 N–H and O–H groups in total. The van der Waals surface area contributed by atoms with Crippen molar-refractivity contribution in [3.05, 3.63) is 24.3 Å². The van der Waals surface area contributed by atoms with E-state index < -0.39 is 0 Å². The molecule has 0 aliphatic carbocycles. The molecule has 1 aromatic rings. The molecule has 0 spiro atoms. The number of ether oxygens (including phenoxy) is 1. The van der Waals surface area contributed by atoms with Gasteiger partial charge in [-0.25, -0.2) is 0 Å². The van der Waals surface area contributed by atoms with Crippen molar-refractivity contribution in [2.24, 2.45) is 0 Å². The van der Waals surface area contributed by atoms with Gasteiger partial charge in [0.15, 0.2) is 0 Å². The Morgan fingerprint density at radius 1 is 1.32 bits per heavy atom. The van der Waals surface area contributed by atoms with Gasteiger partial charge in [-0.05, 0) is 25.5 Å². The van der Waals surface area contributed by atoms with Crippen molar-refractivity contribution in [1.29, 1.82) is 0 Å². The molecular weight excluding hydrogens is 240 g/mol. The van der Waals surface area contributed by atoms with E-state index in [1.54, 1.807) is 0 Å². The van der Waals surface area contributed by atoms with Crippen LogP contribution in [0, 0.1) is 0 Å². The fourth-order valence-electron chi connectivity index (χ4n) is 1.46. The van der Waals surface area contributed by atoms with Crippen LogP contribution in [-0.4, -0.2) is 24.6 Å². The van der Waals surface area contributed by atoms with Crippen molar-refractivity contribution < 1.29 is 9.53 Å². The number of nitrogens with one attached hydrogen (secondary N) is 2. The standard InChI is InChI=1S/C15H24N2O2/c1-5-12(4)19-14-8-6-7-13(9-14)17-15(18)10-16-11(2)3/h6-9,11-12,16H,5,10H2,1-4H3,(H,17,18). The summed E-state index contributed by atoms with van der Waals surface area (Å²) in [5.74, 6) is 0.735. The Kier molecular flexibility index (Phi) is 6.36. The molecule has 1 atom stereocenters. The molecule has 19 heavy (non-hydrogen) atoms. The Hall–Kier alpha value is -1.55. The molecule has 4 heteroatoms. The minimum atomic E-state index is -0.0469. The van der Waals surface area contributed by atoms with Gasteiger partial charge < -0.3 is 15.4 Å². The number of hydrogen-bond acceptors (Lipinski definition) is 3. The monoisotopic (exact) mass is 264 g/mol. The van der Waals surface area contributed by atoms with Crippen molar-refractivity contribution in [2.45, 2.75) is 46.3 Å². The second-order valence-corrected chi connectivity index (χ2v) is 4.95. The number of amides is 1. The van der Waals surface area contributed by atoms with Crippen LogP contribution in [0.3, 0.4) is 0 Å². The SMILES string of the molecule is CCC(C)Oc1cccc(NC(=O)CNC(C)C)c1. The molecule has 0 aliphatic rings. The lowest BCUT2D eigenvalue weighted by Gasteiger charge is -2.14. The summed E-state index contributed by atoms with van der Waals surface area (Å²) in [6.07, 6.45) is 1.13. The zero-order valence-electron chi connectivity index (χ0n) is 12.2. The molecule has 4 nitrogen and oxygen atoms in total. The second kappa shape index (κ2) is 7.79. The lowest BCUT2D eigenvalue weighted by molar-refractivity contribution is -0.115. The lowest BCUT2D eigenvalue weighted by atomic mass is 10.2. The largest absolute Gasteiger partial charge is 0.491 e. The first-order chi connectivity index (χ1) is 9.01. The Morgan fingerprint density at radius 2 is 2.05 bits per heavy atom. The number of carbonyl (C=O) groups is 1. The molecular formula is C15H24N2O2. The highest BCUT2D eigenvalue weighted by Gasteiger charge is 2.05. The fraction of sp³-hybridized carbons (Fsp3) is 0.533. The number of rotatable bonds is 7. The highest BCUT2D eigenvalue weighted by Crippen LogP contribution is 2.19. The van der Waals surface area contributed by atoms with E-state index in [4.69, 9.17) is 4.74 Å². The van der Waals surface area contributed by atoms with Crippen molar-refractivity contribution >= 4 is 11.6 Å². The molecule has 0 fully saturated rings. The maximum absolute atomic E-state index is 11.7. The minimum Gasteiger partial charge on any atom is -0.491 e. The molecule has 0 saturated carbocycles. The van der Waals surface area contributed by atoms with Crippen LogP contribution in [0.15, 0.2) is 24.3 Å². The summed E-state index contributed by atoms with van der Waals surface area (Å²) in [7, 11) is 0. The van der Waals surface area contributed by atoms with Gasteiger partial charge in [0.2, 0.25) is 5.91 Å². The van der Waals surface area contributed by atoms with Crippen LogP contribution in [0.2, 0.25) is 0 Å². The van der Waals surface area contributed by atoms with E-state index in [2.05, 4.69) is 17.6 Å². The Morgan fingerprint density at radius 3 is 2.68 bits per heavy atom. The fourth-order valence-corrected chi connectivity index (χ4v) is 1.46.